The van der Waals surface area contributed by atoms with Gasteiger partial charge in [-0.25, -0.2) is 0 Å². The summed E-state index contributed by atoms with van der Waals surface area (Å²) in [4.78, 5) is 15.2. The van der Waals surface area contributed by atoms with E-state index in [0.29, 0.717) is 52.2 Å². The molecule has 0 bridgehead atoms. The number of aliphatic hydroxyl groups is 1. The number of likely N-dealkylation sites (tertiary alicyclic amines) is 1. The number of hydrogen-bond donors (Lipinski definition) is 1. The molecule has 1 amide bonds. The molecule has 3 aliphatic rings. The molecule has 4 rings (SSSR count). The second kappa shape index (κ2) is 7.18. The number of aromatic nitrogens is 2. The van der Waals surface area contributed by atoms with E-state index < -0.39 is 5.60 Å². The number of ether oxygens (including phenoxy) is 2. The summed E-state index contributed by atoms with van der Waals surface area (Å²) >= 11 is 0. The highest BCUT2D eigenvalue weighted by molar-refractivity contribution is 5.77. The second-order valence-electron chi connectivity index (χ2n) is 8.37. The number of hydrogen-bond acceptors (Lipinski definition) is 5. The first kappa shape index (κ1) is 18.9. The summed E-state index contributed by atoms with van der Waals surface area (Å²) in [6.07, 6.45) is 2.62. The number of nitrogens with zero attached hydrogens (tertiary/aromatic N) is 3. The molecule has 150 valence electrons. The summed E-state index contributed by atoms with van der Waals surface area (Å²) in [5, 5.41) is 15.8. The fraction of sp³-hybridized carbons (Fsp3) is 0.800. The van der Waals surface area contributed by atoms with Crippen molar-refractivity contribution >= 4 is 5.91 Å². The van der Waals surface area contributed by atoms with Gasteiger partial charge in [0.05, 0.1) is 24.5 Å². The number of carbonyl (C=O) groups is 1. The van der Waals surface area contributed by atoms with Gasteiger partial charge in [0, 0.05) is 63.2 Å². The Labute approximate surface area is 160 Å². The Morgan fingerprint density at radius 2 is 2.07 bits per heavy atom. The van der Waals surface area contributed by atoms with Gasteiger partial charge in [-0.1, -0.05) is 0 Å². The number of carbonyl (C=O) groups excluding carboxylic acids is 1. The van der Waals surface area contributed by atoms with Gasteiger partial charge < -0.3 is 19.5 Å². The quantitative estimate of drug-likeness (QED) is 0.850. The summed E-state index contributed by atoms with van der Waals surface area (Å²) in [5.74, 6) is 0.127. The van der Waals surface area contributed by atoms with Crippen molar-refractivity contribution in [2.75, 3.05) is 33.0 Å². The Morgan fingerprint density at radius 3 is 2.81 bits per heavy atom. The first-order valence-corrected chi connectivity index (χ1v) is 10.1. The maximum atomic E-state index is 13.2. The molecular weight excluding hydrogens is 346 g/mol. The van der Waals surface area contributed by atoms with E-state index in [1.807, 2.05) is 23.6 Å². The normalized spacial score (nSPS) is 33.5. The molecule has 27 heavy (non-hydrogen) atoms. The number of piperidine rings is 1. The highest BCUT2D eigenvalue weighted by Gasteiger charge is 2.56. The van der Waals surface area contributed by atoms with Crippen LogP contribution in [0.25, 0.3) is 0 Å². The third-order valence-corrected chi connectivity index (χ3v) is 7.02. The largest absolute Gasteiger partial charge is 0.389 e. The van der Waals surface area contributed by atoms with E-state index in [0.717, 1.165) is 17.8 Å². The van der Waals surface area contributed by atoms with Crippen LogP contribution in [0, 0.1) is 25.7 Å². The predicted octanol–water partition coefficient (Wildman–Crippen LogP) is 0.984. The van der Waals surface area contributed by atoms with E-state index in [-0.39, 0.29) is 23.8 Å². The first-order chi connectivity index (χ1) is 12.9. The van der Waals surface area contributed by atoms with E-state index in [4.69, 9.17) is 9.47 Å². The predicted molar refractivity (Wildman–Crippen MR) is 99.3 cm³/mol. The fourth-order valence-corrected chi connectivity index (χ4v) is 5.30. The molecule has 1 aromatic heterocycles. The molecule has 7 nitrogen and oxygen atoms in total. The van der Waals surface area contributed by atoms with Gasteiger partial charge in [0.15, 0.2) is 0 Å². The fourth-order valence-electron chi connectivity index (χ4n) is 5.30. The monoisotopic (exact) mass is 377 g/mol. The average Bonchev–Trinajstić information content (AvgIpc) is 2.91. The standard InChI is InChI=1S/C20H31N3O4/c1-13-16(14(2)22(3)21-13)4-5-19(24)23-10-15-11-27-9-7-20(15,25)17-12-26-8-6-18(17)23/h15,17-18,25H,4-12H2,1-3H3/t15-,17+,18-,20-/m1/s1. The third kappa shape index (κ3) is 3.19. The minimum absolute atomic E-state index is 0.0142. The molecule has 1 aromatic rings. The average molecular weight is 377 g/mol. The van der Waals surface area contributed by atoms with Crippen molar-refractivity contribution in [2.45, 2.75) is 51.2 Å². The molecular formula is C20H31N3O4. The third-order valence-electron chi connectivity index (χ3n) is 7.02. The maximum Gasteiger partial charge on any atom is 0.223 e. The van der Waals surface area contributed by atoms with E-state index in [1.54, 1.807) is 0 Å². The van der Waals surface area contributed by atoms with Crippen LogP contribution in [0.3, 0.4) is 0 Å². The van der Waals surface area contributed by atoms with Crippen LogP contribution < -0.4 is 0 Å². The summed E-state index contributed by atoms with van der Waals surface area (Å²) in [5.41, 5.74) is 2.53. The van der Waals surface area contributed by atoms with Gasteiger partial charge in [-0.3, -0.25) is 9.48 Å². The van der Waals surface area contributed by atoms with Gasteiger partial charge in [0.2, 0.25) is 5.91 Å². The van der Waals surface area contributed by atoms with Crippen molar-refractivity contribution in [1.29, 1.82) is 0 Å². The Morgan fingerprint density at radius 1 is 1.30 bits per heavy atom. The van der Waals surface area contributed by atoms with Crippen LogP contribution in [0.15, 0.2) is 0 Å². The summed E-state index contributed by atoms with van der Waals surface area (Å²) in [6, 6.07) is 0.0710. The number of amides is 1. The molecule has 3 fully saturated rings. The molecule has 0 aromatic carbocycles. The molecule has 0 radical (unpaired) electrons. The highest BCUT2D eigenvalue weighted by atomic mass is 16.5. The zero-order chi connectivity index (χ0) is 19.2. The summed E-state index contributed by atoms with van der Waals surface area (Å²) < 4.78 is 13.2. The van der Waals surface area contributed by atoms with Crippen molar-refractivity contribution in [3.8, 4) is 0 Å². The zero-order valence-corrected chi connectivity index (χ0v) is 16.6. The Hall–Kier alpha value is -1.44. The molecule has 0 spiro atoms. The van der Waals surface area contributed by atoms with Crippen LogP contribution in [0.4, 0.5) is 0 Å². The summed E-state index contributed by atoms with van der Waals surface area (Å²) in [6.45, 7) is 6.93. The maximum absolute atomic E-state index is 13.2. The lowest BCUT2D eigenvalue weighted by molar-refractivity contribution is -0.219. The van der Waals surface area contributed by atoms with Crippen LogP contribution in [-0.4, -0.2) is 70.3 Å². The van der Waals surface area contributed by atoms with E-state index in [9.17, 15) is 9.90 Å². The van der Waals surface area contributed by atoms with Crippen LogP contribution in [-0.2, 0) is 27.7 Å². The van der Waals surface area contributed by atoms with Crippen molar-refractivity contribution in [2.24, 2.45) is 18.9 Å². The SMILES string of the molecule is Cc1nn(C)c(C)c1CCC(=O)N1C[C@@H]2COCC[C@]2(O)[C@H]2COCC[C@H]21. The Bertz CT molecular complexity index is 718. The lowest BCUT2D eigenvalue weighted by Crippen LogP contribution is -2.68. The van der Waals surface area contributed by atoms with Gasteiger partial charge >= 0.3 is 0 Å². The van der Waals surface area contributed by atoms with Crippen molar-refractivity contribution in [1.82, 2.24) is 14.7 Å². The van der Waals surface area contributed by atoms with Crippen LogP contribution in [0.2, 0.25) is 0 Å². The van der Waals surface area contributed by atoms with Crippen molar-refractivity contribution in [3.63, 3.8) is 0 Å². The molecule has 1 N–H and O–H groups in total. The molecule has 4 atom stereocenters. The lowest BCUT2D eigenvalue weighted by Gasteiger charge is -2.57. The van der Waals surface area contributed by atoms with Crippen LogP contribution in [0.1, 0.15) is 36.2 Å². The first-order valence-electron chi connectivity index (χ1n) is 10.1. The Balaban J connectivity index is 1.51. The summed E-state index contributed by atoms with van der Waals surface area (Å²) in [7, 11) is 1.94. The topological polar surface area (TPSA) is 76.8 Å². The van der Waals surface area contributed by atoms with Crippen molar-refractivity contribution in [3.05, 3.63) is 17.0 Å². The minimum atomic E-state index is -0.767. The van der Waals surface area contributed by atoms with Crippen LogP contribution in [0.5, 0.6) is 0 Å². The number of aryl methyl sites for hydroxylation is 2. The molecule has 0 aliphatic carbocycles. The minimum Gasteiger partial charge on any atom is -0.389 e. The van der Waals surface area contributed by atoms with Gasteiger partial charge in [-0.05, 0) is 32.3 Å². The lowest BCUT2D eigenvalue weighted by atomic mass is 9.66. The van der Waals surface area contributed by atoms with E-state index >= 15 is 0 Å². The Kier molecular flexibility index (Phi) is 5.03. The van der Waals surface area contributed by atoms with E-state index in [1.165, 1.54) is 5.56 Å². The molecule has 0 saturated carbocycles. The zero-order valence-electron chi connectivity index (χ0n) is 16.6. The van der Waals surface area contributed by atoms with Crippen molar-refractivity contribution < 1.29 is 19.4 Å². The molecule has 7 heteroatoms. The molecule has 0 unspecified atom stereocenters. The highest BCUT2D eigenvalue weighted by Crippen LogP contribution is 2.44. The molecule has 3 saturated heterocycles. The van der Waals surface area contributed by atoms with Gasteiger partial charge in [0.1, 0.15) is 0 Å². The second-order valence-corrected chi connectivity index (χ2v) is 8.37. The number of rotatable bonds is 3. The van der Waals surface area contributed by atoms with E-state index in [2.05, 4.69) is 12.0 Å². The number of fused-ring (bicyclic) bond motifs is 3. The van der Waals surface area contributed by atoms with Gasteiger partial charge in [0.25, 0.3) is 0 Å². The molecule has 4 heterocycles. The van der Waals surface area contributed by atoms with Gasteiger partial charge in [-0.15, -0.1) is 0 Å². The molecule has 3 aliphatic heterocycles. The van der Waals surface area contributed by atoms with Crippen LogP contribution >= 0.6 is 0 Å². The van der Waals surface area contributed by atoms with Gasteiger partial charge in [-0.2, -0.15) is 5.10 Å². The smallest absolute Gasteiger partial charge is 0.223 e.